The molecule has 0 bridgehead atoms. The number of nitrogens with zero attached hydrogens (tertiary/aromatic N) is 1. The second kappa shape index (κ2) is 8.31. The molecule has 4 nitrogen and oxygen atoms in total. The highest BCUT2D eigenvalue weighted by atomic mass is 32.2. The normalized spacial score (nSPS) is 16.7. The molecule has 0 unspecified atom stereocenters. The molecule has 3 N–H and O–H groups in total. The van der Waals surface area contributed by atoms with Crippen molar-refractivity contribution in [3.05, 3.63) is 48.0 Å². The summed E-state index contributed by atoms with van der Waals surface area (Å²) in [5, 5.41) is 12.0. The standard InChI is InChI=1S/C21H24N4S2/c1-14(24-25-21(26)22-16-7-3-2-4-8-16)15-11-12-20-18(13-15)23-17-9-5-6-10-19(17)27-20/h5-6,9-13,16,23H,2-4,7-8H2,1H3,(H2,22,25,26)/b24-14-. The zero-order valence-corrected chi connectivity index (χ0v) is 17.1. The molecule has 27 heavy (non-hydrogen) atoms. The van der Waals surface area contributed by atoms with Gasteiger partial charge in [0.05, 0.1) is 17.1 Å². The SMILES string of the molecule is C/C(=N/NC(=S)NC1CCCCC1)c1ccc2c(c1)Nc1ccccc1S2. The Hall–Kier alpha value is -2.05. The first-order valence-corrected chi connectivity index (χ1v) is 10.7. The fourth-order valence-electron chi connectivity index (χ4n) is 3.53. The van der Waals surface area contributed by atoms with Crippen LogP contribution in [0.2, 0.25) is 0 Å². The van der Waals surface area contributed by atoms with Gasteiger partial charge < -0.3 is 10.6 Å². The summed E-state index contributed by atoms with van der Waals surface area (Å²) in [4.78, 5) is 2.48. The molecule has 1 saturated carbocycles. The van der Waals surface area contributed by atoms with Crippen LogP contribution >= 0.6 is 24.0 Å². The van der Waals surface area contributed by atoms with Crippen LogP contribution in [0.4, 0.5) is 11.4 Å². The number of hydrazone groups is 1. The summed E-state index contributed by atoms with van der Waals surface area (Å²) in [7, 11) is 0. The molecule has 0 aromatic heterocycles. The number of hydrogen-bond donors (Lipinski definition) is 3. The zero-order valence-electron chi connectivity index (χ0n) is 15.4. The maximum absolute atomic E-state index is 5.40. The van der Waals surface area contributed by atoms with E-state index in [9.17, 15) is 0 Å². The van der Waals surface area contributed by atoms with E-state index in [1.165, 1.54) is 41.9 Å². The summed E-state index contributed by atoms with van der Waals surface area (Å²) in [6.45, 7) is 2.00. The third kappa shape index (κ3) is 4.45. The van der Waals surface area contributed by atoms with Gasteiger partial charge >= 0.3 is 0 Å². The molecule has 1 fully saturated rings. The lowest BCUT2D eigenvalue weighted by atomic mass is 9.96. The minimum atomic E-state index is 0.485. The first kappa shape index (κ1) is 18.3. The highest BCUT2D eigenvalue weighted by Crippen LogP contribution is 2.44. The number of thiocarbonyl (C=S) groups is 1. The van der Waals surface area contributed by atoms with E-state index >= 15 is 0 Å². The molecule has 0 amide bonds. The number of para-hydroxylation sites is 1. The molecule has 2 aromatic carbocycles. The van der Waals surface area contributed by atoms with Crippen LogP contribution in [0.5, 0.6) is 0 Å². The van der Waals surface area contributed by atoms with Crippen molar-refractivity contribution < 1.29 is 0 Å². The lowest BCUT2D eigenvalue weighted by Crippen LogP contribution is -2.41. The Morgan fingerprint density at radius 2 is 1.85 bits per heavy atom. The predicted molar refractivity (Wildman–Crippen MR) is 118 cm³/mol. The molecule has 2 aromatic rings. The fourth-order valence-corrected chi connectivity index (χ4v) is 4.71. The Morgan fingerprint density at radius 1 is 1.07 bits per heavy atom. The van der Waals surface area contributed by atoms with Crippen molar-refractivity contribution in [2.45, 2.75) is 54.9 Å². The van der Waals surface area contributed by atoms with E-state index in [0.29, 0.717) is 11.2 Å². The fraction of sp³-hybridized carbons (Fsp3) is 0.333. The number of benzene rings is 2. The molecule has 1 heterocycles. The van der Waals surface area contributed by atoms with Crippen LogP contribution in [0.15, 0.2) is 57.4 Å². The van der Waals surface area contributed by atoms with Gasteiger partial charge in [0.1, 0.15) is 0 Å². The lowest BCUT2D eigenvalue weighted by Gasteiger charge is -2.23. The molecule has 0 atom stereocenters. The number of anilines is 2. The molecule has 1 aliphatic carbocycles. The van der Waals surface area contributed by atoms with E-state index < -0.39 is 0 Å². The quantitative estimate of drug-likeness (QED) is 0.314. The Bertz CT molecular complexity index is 872. The van der Waals surface area contributed by atoms with Crippen LogP contribution in [0, 0.1) is 0 Å². The molecule has 0 radical (unpaired) electrons. The van der Waals surface area contributed by atoms with Crippen LogP contribution in [0.1, 0.15) is 44.6 Å². The van der Waals surface area contributed by atoms with Gasteiger partial charge in [-0.15, -0.1) is 0 Å². The first-order valence-electron chi connectivity index (χ1n) is 9.48. The van der Waals surface area contributed by atoms with Gasteiger partial charge in [-0.05, 0) is 61.8 Å². The Kier molecular flexibility index (Phi) is 5.64. The first-order chi connectivity index (χ1) is 13.2. The molecule has 1 aliphatic heterocycles. The number of nitrogens with one attached hydrogen (secondary N) is 3. The second-order valence-electron chi connectivity index (χ2n) is 7.05. The van der Waals surface area contributed by atoms with Gasteiger partial charge in [0.15, 0.2) is 5.11 Å². The van der Waals surface area contributed by atoms with Crippen LogP contribution in [0.25, 0.3) is 0 Å². The highest BCUT2D eigenvalue weighted by Gasteiger charge is 2.16. The minimum absolute atomic E-state index is 0.485. The van der Waals surface area contributed by atoms with Gasteiger partial charge in [-0.2, -0.15) is 5.10 Å². The maximum Gasteiger partial charge on any atom is 0.187 e. The van der Waals surface area contributed by atoms with Gasteiger partial charge in [-0.25, -0.2) is 0 Å². The van der Waals surface area contributed by atoms with Crippen molar-refractivity contribution in [2.75, 3.05) is 5.32 Å². The minimum Gasteiger partial charge on any atom is -0.359 e. The number of fused-ring (bicyclic) bond motifs is 2. The predicted octanol–water partition coefficient (Wildman–Crippen LogP) is 5.42. The van der Waals surface area contributed by atoms with E-state index in [1.54, 1.807) is 11.8 Å². The highest BCUT2D eigenvalue weighted by molar-refractivity contribution is 7.99. The lowest BCUT2D eigenvalue weighted by molar-refractivity contribution is 0.412. The largest absolute Gasteiger partial charge is 0.359 e. The zero-order chi connectivity index (χ0) is 18.6. The van der Waals surface area contributed by atoms with E-state index in [0.717, 1.165) is 22.6 Å². The topological polar surface area (TPSA) is 48.5 Å². The monoisotopic (exact) mass is 396 g/mol. The third-order valence-electron chi connectivity index (χ3n) is 5.04. The summed E-state index contributed by atoms with van der Waals surface area (Å²) in [5.74, 6) is 0. The molecule has 0 spiro atoms. The van der Waals surface area contributed by atoms with Gasteiger partial charge in [0.2, 0.25) is 0 Å². The molecule has 140 valence electrons. The average molecular weight is 397 g/mol. The van der Waals surface area contributed by atoms with Crippen molar-refractivity contribution in [3.8, 4) is 0 Å². The summed E-state index contributed by atoms with van der Waals surface area (Å²) in [6, 6.07) is 15.3. The van der Waals surface area contributed by atoms with Crippen molar-refractivity contribution in [1.29, 1.82) is 0 Å². The Morgan fingerprint density at radius 3 is 2.70 bits per heavy atom. The molecular weight excluding hydrogens is 372 g/mol. The summed E-state index contributed by atoms with van der Waals surface area (Å²) < 4.78 is 0. The molecule has 6 heteroatoms. The molecule has 0 saturated heterocycles. The van der Waals surface area contributed by atoms with Crippen LogP contribution < -0.4 is 16.1 Å². The van der Waals surface area contributed by atoms with Crippen molar-refractivity contribution in [1.82, 2.24) is 10.7 Å². The Balaban J connectivity index is 1.41. The van der Waals surface area contributed by atoms with Crippen LogP contribution in [-0.2, 0) is 0 Å². The summed E-state index contributed by atoms with van der Waals surface area (Å²) in [6.07, 6.45) is 6.29. The summed E-state index contributed by atoms with van der Waals surface area (Å²) in [5.41, 5.74) is 7.27. The number of rotatable bonds is 3. The van der Waals surface area contributed by atoms with Gasteiger partial charge in [0, 0.05) is 15.8 Å². The Labute approximate surface area is 170 Å². The maximum atomic E-state index is 5.40. The van der Waals surface area contributed by atoms with Gasteiger partial charge in [-0.1, -0.05) is 49.2 Å². The van der Waals surface area contributed by atoms with Crippen LogP contribution in [0.3, 0.4) is 0 Å². The molecule has 4 rings (SSSR count). The van der Waals surface area contributed by atoms with Crippen molar-refractivity contribution in [3.63, 3.8) is 0 Å². The van der Waals surface area contributed by atoms with Gasteiger partial charge in [-0.3, -0.25) is 5.43 Å². The molecular formula is C21H24N4S2. The second-order valence-corrected chi connectivity index (χ2v) is 8.54. The van der Waals surface area contributed by atoms with Crippen molar-refractivity contribution in [2.24, 2.45) is 5.10 Å². The number of hydrogen-bond acceptors (Lipinski definition) is 4. The third-order valence-corrected chi connectivity index (χ3v) is 6.40. The smallest absolute Gasteiger partial charge is 0.187 e. The van der Waals surface area contributed by atoms with E-state index in [4.69, 9.17) is 12.2 Å². The van der Waals surface area contributed by atoms with E-state index in [1.807, 2.05) is 6.92 Å². The van der Waals surface area contributed by atoms with Crippen LogP contribution in [-0.4, -0.2) is 16.9 Å². The van der Waals surface area contributed by atoms with E-state index in [-0.39, 0.29) is 0 Å². The van der Waals surface area contributed by atoms with E-state index in [2.05, 4.69) is 63.6 Å². The molecule has 2 aliphatic rings. The average Bonchev–Trinajstić information content (AvgIpc) is 2.70. The van der Waals surface area contributed by atoms with Gasteiger partial charge in [0.25, 0.3) is 0 Å². The van der Waals surface area contributed by atoms with Crippen molar-refractivity contribution >= 4 is 46.2 Å². The summed E-state index contributed by atoms with van der Waals surface area (Å²) >= 11 is 7.19.